The van der Waals surface area contributed by atoms with Crippen LogP contribution in [0.5, 0.6) is 0 Å². The molecular weight excluding hydrogens is 285 g/mol. The van der Waals surface area contributed by atoms with Gasteiger partial charge in [-0.25, -0.2) is 4.39 Å². The lowest BCUT2D eigenvalue weighted by atomic mass is 10.1. The molecule has 1 aromatic carbocycles. The van der Waals surface area contributed by atoms with E-state index in [4.69, 9.17) is 0 Å². The third kappa shape index (κ3) is 3.51. The first-order valence-electron chi connectivity index (χ1n) is 7.12. The summed E-state index contributed by atoms with van der Waals surface area (Å²) < 4.78 is 14.9. The molecule has 118 valence electrons. The summed E-state index contributed by atoms with van der Waals surface area (Å²) in [5.74, 6) is -1.04. The highest BCUT2D eigenvalue weighted by molar-refractivity contribution is 5.81. The van der Waals surface area contributed by atoms with Crippen molar-refractivity contribution in [2.24, 2.45) is 0 Å². The van der Waals surface area contributed by atoms with Crippen molar-refractivity contribution < 1.29 is 14.3 Å². The topological polar surface area (TPSA) is 67.2 Å². The van der Waals surface area contributed by atoms with Crippen molar-refractivity contribution in [3.8, 4) is 0 Å². The number of aryl methyl sites for hydroxylation is 1. The van der Waals surface area contributed by atoms with Crippen molar-refractivity contribution >= 4 is 5.91 Å². The minimum absolute atomic E-state index is 0.236. The lowest BCUT2D eigenvalue weighted by Gasteiger charge is -2.12. The molecule has 0 saturated heterocycles. The van der Waals surface area contributed by atoms with E-state index in [0.29, 0.717) is 13.1 Å². The molecule has 1 amide bonds. The van der Waals surface area contributed by atoms with E-state index in [0.717, 1.165) is 23.0 Å². The van der Waals surface area contributed by atoms with Gasteiger partial charge in [0.15, 0.2) is 6.10 Å². The van der Waals surface area contributed by atoms with Crippen LogP contribution in [0, 0.1) is 26.6 Å². The van der Waals surface area contributed by atoms with Crippen LogP contribution in [0.3, 0.4) is 0 Å². The Bertz CT molecular complexity index is 682. The number of carbonyl (C=O) groups is 1. The molecule has 0 aliphatic heterocycles. The zero-order valence-corrected chi connectivity index (χ0v) is 12.9. The number of carbonyl (C=O) groups excluding carboxylic acids is 1. The van der Waals surface area contributed by atoms with Crippen LogP contribution in [0.15, 0.2) is 24.3 Å². The highest BCUT2D eigenvalue weighted by Crippen LogP contribution is 2.14. The fraction of sp³-hybridized carbons (Fsp3) is 0.375. The SMILES string of the molecule is Cc1nn(CCNC(=O)[C@H](O)c2cccc(F)c2)c(C)c1C. The second-order valence-electron chi connectivity index (χ2n) is 5.27. The van der Waals surface area contributed by atoms with Crippen molar-refractivity contribution in [2.45, 2.75) is 33.4 Å². The maximum atomic E-state index is 13.1. The number of aliphatic hydroxyl groups excluding tert-OH is 1. The van der Waals surface area contributed by atoms with Crippen LogP contribution in [-0.4, -0.2) is 27.3 Å². The normalized spacial score (nSPS) is 12.2. The standard InChI is InChI=1S/C16H20FN3O2/c1-10-11(2)19-20(12(10)3)8-7-18-16(22)15(21)13-5-4-6-14(17)9-13/h4-6,9,15,21H,7-8H2,1-3H3,(H,18,22)/t15-/m1/s1. The molecule has 1 heterocycles. The van der Waals surface area contributed by atoms with Gasteiger partial charge in [0.2, 0.25) is 0 Å². The van der Waals surface area contributed by atoms with Crippen molar-refractivity contribution in [3.63, 3.8) is 0 Å². The third-order valence-electron chi connectivity index (χ3n) is 3.78. The third-order valence-corrected chi connectivity index (χ3v) is 3.78. The average Bonchev–Trinajstić information content (AvgIpc) is 2.73. The minimum atomic E-state index is -1.38. The summed E-state index contributed by atoms with van der Waals surface area (Å²) in [7, 11) is 0. The first kappa shape index (κ1) is 16.2. The van der Waals surface area contributed by atoms with Crippen molar-refractivity contribution in [2.75, 3.05) is 6.54 Å². The molecule has 22 heavy (non-hydrogen) atoms. The monoisotopic (exact) mass is 305 g/mol. The van der Waals surface area contributed by atoms with Gasteiger partial charge in [-0.05, 0) is 44.0 Å². The smallest absolute Gasteiger partial charge is 0.253 e. The van der Waals surface area contributed by atoms with Gasteiger partial charge in [-0.1, -0.05) is 12.1 Å². The van der Waals surface area contributed by atoms with Crippen molar-refractivity contribution in [3.05, 3.63) is 52.6 Å². The molecule has 0 spiro atoms. The second kappa shape index (κ2) is 6.70. The number of hydrogen-bond acceptors (Lipinski definition) is 3. The second-order valence-corrected chi connectivity index (χ2v) is 5.27. The van der Waals surface area contributed by atoms with Crippen LogP contribution in [0.4, 0.5) is 4.39 Å². The summed E-state index contributed by atoms with van der Waals surface area (Å²) in [4.78, 5) is 11.9. The summed E-state index contributed by atoms with van der Waals surface area (Å²) in [6, 6.07) is 5.38. The number of aliphatic hydroxyl groups is 1. The Morgan fingerprint density at radius 1 is 1.41 bits per heavy atom. The van der Waals surface area contributed by atoms with Gasteiger partial charge in [0.1, 0.15) is 5.82 Å². The Labute approximate surface area is 128 Å². The van der Waals surface area contributed by atoms with Gasteiger partial charge in [0.25, 0.3) is 5.91 Å². The molecule has 2 rings (SSSR count). The highest BCUT2D eigenvalue weighted by Gasteiger charge is 2.17. The first-order chi connectivity index (χ1) is 10.4. The number of hydrogen-bond donors (Lipinski definition) is 2. The van der Waals surface area contributed by atoms with E-state index in [-0.39, 0.29) is 5.56 Å². The molecule has 0 bridgehead atoms. The molecule has 6 heteroatoms. The Morgan fingerprint density at radius 2 is 2.14 bits per heavy atom. The highest BCUT2D eigenvalue weighted by atomic mass is 19.1. The summed E-state index contributed by atoms with van der Waals surface area (Å²) in [6.45, 7) is 6.76. The molecular formula is C16H20FN3O2. The zero-order chi connectivity index (χ0) is 16.3. The molecule has 1 aromatic heterocycles. The maximum absolute atomic E-state index is 13.1. The fourth-order valence-electron chi connectivity index (χ4n) is 2.21. The Hall–Kier alpha value is -2.21. The quantitative estimate of drug-likeness (QED) is 0.885. The Kier molecular flexibility index (Phi) is 4.92. The van der Waals surface area contributed by atoms with Crippen LogP contribution < -0.4 is 5.32 Å². The number of benzene rings is 1. The molecule has 5 nitrogen and oxygen atoms in total. The van der Waals surface area contributed by atoms with Crippen molar-refractivity contribution in [1.29, 1.82) is 0 Å². The van der Waals surface area contributed by atoms with E-state index in [1.54, 1.807) is 0 Å². The lowest BCUT2D eigenvalue weighted by molar-refractivity contribution is -0.129. The van der Waals surface area contributed by atoms with Crippen LogP contribution in [-0.2, 0) is 11.3 Å². The van der Waals surface area contributed by atoms with E-state index in [1.165, 1.54) is 18.2 Å². The van der Waals surface area contributed by atoms with E-state index in [1.807, 2.05) is 25.5 Å². The largest absolute Gasteiger partial charge is 0.378 e. The molecule has 2 N–H and O–H groups in total. The molecule has 0 saturated carbocycles. The van der Waals surface area contributed by atoms with E-state index < -0.39 is 17.8 Å². The molecule has 0 unspecified atom stereocenters. The van der Waals surface area contributed by atoms with Gasteiger partial charge in [0.05, 0.1) is 12.2 Å². The minimum Gasteiger partial charge on any atom is -0.378 e. The predicted molar refractivity (Wildman–Crippen MR) is 80.8 cm³/mol. The van der Waals surface area contributed by atoms with Gasteiger partial charge < -0.3 is 10.4 Å². The van der Waals surface area contributed by atoms with Gasteiger partial charge in [-0.3, -0.25) is 9.48 Å². The van der Waals surface area contributed by atoms with E-state index >= 15 is 0 Å². The predicted octanol–water partition coefficient (Wildman–Crippen LogP) is 1.80. The Balaban J connectivity index is 1.91. The lowest BCUT2D eigenvalue weighted by Crippen LogP contribution is -2.32. The van der Waals surface area contributed by atoms with Crippen LogP contribution in [0.2, 0.25) is 0 Å². The number of amides is 1. The van der Waals surface area contributed by atoms with Gasteiger partial charge in [0, 0.05) is 12.2 Å². The summed E-state index contributed by atoms with van der Waals surface area (Å²) in [5, 5.41) is 16.9. The fourth-order valence-corrected chi connectivity index (χ4v) is 2.21. The van der Waals surface area contributed by atoms with Crippen LogP contribution in [0.25, 0.3) is 0 Å². The Morgan fingerprint density at radius 3 is 2.73 bits per heavy atom. The number of nitrogens with zero attached hydrogens (tertiary/aromatic N) is 2. The number of rotatable bonds is 5. The van der Waals surface area contributed by atoms with Crippen LogP contribution >= 0.6 is 0 Å². The van der Waals surface area contributed by atoms with Crippen molar-refractivity contribution in [1.82, 2.24) is 15.1 Å². The molecule has 0 aliphatic carbocycles. The molecule has 0 aliphatic rings. The van der Waals surface area contributed by atoms with E-state index in [2.05, 4.69) is 10.4 Å². The molecule has 1 atom stereocenters. The van der Waals surface area contributed by atoms with Gasteiger partial charge in [-0.15, -0.1) is 0 Å². The summed E-state index contributed by atoms with van der Waals surface area (Å²) in [5.41, 5.74) is 3.38. The maximum Gasteiger partial charge on any atom is 0.253 e. The zero-order valence-electron chi connectivity index (χ0n) is 12.9. The summed E-state index contributed by atoms with van der Waals surface area (Å²) in [6.07, 6.45) is -1.38. The van der Waals surface area contributed by atoms with Crippen LogP contribution in [0.1, 0.15) is 28.6 Å². The van der Waals surface area contributed by atoms with Gasteiger partial charge in [-0.2, -0.15) is 5.10 Å². The number of aromatic nitrogens is 2. The number of nitrogens with one attached hydrogen (secondary N) is 1. The first-order valence-corrected chi connectivity index (χ1v) is 7.12. The van der Waals surface area contributed by atoms with E-state index in [9.17, 15) is 14.3 Å². The average molecular weight is 305 g/mol. The molecule has 0 radical (unpaired) electrons. The molecule has 2 aromatic rings. The van der Waals surface area contributed by atoms with Gasteiger partial charge >= 0.3 is 0 Å². The molecule has 0 fully saturated rings. The summed E-state index contributed by atoms with van der Waals surface area (Å²) >= 11 is 0. The number of halogens is 1.